The number of amides is 1. The number of hydrogen-bond acceptors (Lipinski definition) is 3. The fourth-order valence-corrected chi connectivity index (χ4v) is 8.43. The standard InChI is InChI=1S/C17H27NO3S/c1-16(2-3-22(20,21)11-16)18-15(19)10-17-7-12-4-13(8-17)6-14(5-12)9-17/h12-14H,2-11H2,1H3,(H,18,19). The van der Waals surface area contributed by atoms with Crippen LogP contribution in [0.15, 0.2) is 0 Å². The molecule has 5 aliphatic rings. The molecule has 1 amide bonds. The number of carbonyl (C=O) groups is 1. The van der Waals surface area contributed by atoms with Crippen molar-refractivity contribution >= 4 is 15.7 Å². The third kappa shape index (κ3) is 2.70. The predicted molar refractivity (Wildman–Crippen MR) is 85.0 cm³/mol. The molecule has 22 heavy (non-hydrogen) atoms. The summed E-state index contributed by atoms with van der Waals surface area (Å²) < 4.78 is 23.4. The lowest BCUT2D eigenvalue weighted by Gasteiger charge is -2.56. The molecule has 1 heterocycles. The van der Waals surface area contributed by atoms with E-state index in [4.69, 9.17) is 0 Å². The molecule has 1 saturated heterocycles. The zero-order chi connectivity index (χ0) is 15.6. The van der Waals surface area contributed by atoms with E-state index >= 15 is 0 Å². The molecule has 1 atom stereocenters. The van der Waals surface area contributed by atoms with Crippen molar-refractivity contribution in [3.05, 3.63) is 0 Å². The molecular weight excluding hydrogens is 298 g/mol. The Balaban J connectivity index is 1.42. The highest BCUT2D eigenvalue weighted by atomic mass is 32.2. The molecule has 4 saturated carbocycles. The number of carbonyl (C=O) groups excluding carboxylic acids is 1. The largest absolute Gasteiger partial charge is 0.350 e. The first-order valence-corrected chi connectivity index (χ1v) is 10.6. The van der Waals surface area contributed by atoms with Gasteiger partial charge in [0.1, 0.15) is 0 Å². The van der Waals surface area contributed by atoms with Crippen LogP contribution in [-0.4, -0.2) is 31.4 Å². The van der Waals surface area contributed by atoms with Gasteiger partial charge < -0.3 is 5.32 Å². The lowest BCUT2D eigenvalue weighted by Crippen LogP contribution is -2.51. The lowest BCUT2D eigenvalue weighted by atomic mass is 9.49. The predicted octanol–water partition coefficient (Wildman–Crippen LogP) is 2.29. The van der Waals surface area contributed by atoms with E-state index < -0.39 is 15.4 Å². The van der Waals surface area contributed by atoms with Gasteiger partial charge in [0.15, 0.2) is 9.84 Å². The number of nitrogens with one attached hydrogen (secondary N) is 1. The first-order valence-electron chi connectivity index (χ1n) is 8.76. The van der Waals surface area contributed by atoms with E-state index in [-0.39, 0.29) is 22.8 Å². The molecule has 0 aromatic heterocycles. The monoisotopic (exact) mass is 325 g/mol. The summed E-state index contributed by atoms with van der Waals surface area (Å²) in [6.45, 7) is 1.88. The van der Waals surface area contributed by atoms with Gasteiger partial charge in [-0.25, -0.2) is 8.42 Å². The van der Waals surface area contributed by atoms with Gasteiger partial charge in [0.05, 0.1) is 17.0 Å². The van der Waals surface area contributed by atoms with Crippen LogP contribution in [0.25, 0.3) is 0 Å². The van der Waals surface area contributed by atoms with Crippen LogP contribution < -0.4 is 5.32 Å². The van der Waals surface area contributed by atoms with Gasteiger partial charge >= 0.3 is 0 Å². The van der Waals surface area contributed by atoms with Crippen molar-refractivity contribution in [3.63, 3.8) is 0 Å². The lowest BCUT2D eigenvalue weighted by molar-refractivity contribution is -0.130. The van der Waals surface area contributed by atoms with Crippen molar-refractivity contribution in [2.75, 3.05) is 11.5 Å². The van der Waals surface area contributed by atoms with Crippen LogP contribution in [0.3, 0.4) is 0 Å². The van der Waals surface area contributed by atoms with Crippen molar-refractivity contribution in [1.29, 1.82) is 0 Å². The van der Waals surface area contributed by atoms with Gasteiger partial charge in [0, 0.05) is 6.42 Å². The Hall–Kier alpha value is -0.580. The van der Waals surface area contributed by atoms with Gasteiger partial charge in [-0.1, -0.05) is 0 Å². The van der Waals surface area contributed by atoms with E-state index in [0.717, 1.165) is 17.8 Å². The summed E-state index contributed by atoms with van der Waals surface area (Å²) in [5, 5.41) is 3.07. The molecule has 5 rings (SSSR count). The van der Waals surface area contributed by atoms with Gasteiger partial charge in [-0.15, -0.1) is 0 Å². The first-order chi connectivity index (χ1) is 10.3. The molecule has 4 aliphatic carbocycles. The van der Waals surface area contributed by atoms with Gasteiger partial charge in [-0.05, 0) is 75.0 Å². The topological polar surface area (TPSA) is 63.2 Å². The molecule has 0 radical (unpaired) electrons. The van der Waals surface area contributed by atoms with Crippen LogP contribution in [0.4, 0.5) is 0 Å². The number of sulfone groups is 1. The van der Waals surface area contributed by atoms with Gasteiger partial charge in [-0.3, -0.25) is 4.79 Å². The van der Waals surface area contributed by atoms with Crippen molar-refractivity contribution in [1.82, 2.24) is 5.32 Å². The molecule has 0 aromatic carbocycles. The normalized spacial score (nSPS) is 48.5. The molecule has 0 aromatic rings. The zero-order valence-electron chi connectivity index (χ0n) is 13.4. The smallest absolute Gasteiger partial charge is 0.221 e. The van der Waals surface area contributed by atoms with Gasteiger partial charge in [-0.2, -0.15) is 0 Å². The maximum atomic E-state index is 12.6. The summed E-state index contributed by atoms with van der Waals surface area (Å²) >= 11 is 0. The van der Waals surface area contributed by atoms with Crippen molar-refractivity contribution in [2.45, 2.75) is 63.8 Å². The maximum absolute atomic E-state index is 12.6. The Labute approximate surface area is 133 Å². The molecule has 1 N–H and O–H groups in total. The second kappa shape index (κ2) is 4.71. The Morgan fingerprint density at radius 1 is 1.09 bits per heavy atom. The van der Waals surface area contributed by atoms with Crippen molar-refractivity contribution in [3.8, 4) is 0 Å². The quantitative estimate of drug-likeness (QED) is 0.866. The fourth-order valence-electron chi connectivity index (χ4n) is 6.34. The molecule has 1 aliphatic heterocycles. The van der Waals surface area contributed by atoms with Gasteiger partial charge in [0.25, 0.3) is 0 Å². The third-order valence-corrected chi connectivity index (χ3v) is 8.55. The first kappa shape index (κ1) is 15.0. The van der Waals surface area contributed by atoms with E-state index in [2.05, 4.69) is 5.32 Å². The number of hydrogen-bond donors (Lipinski definition) is 1. The van der Waals surface area contributed by atoms with Crippen LogP contribution in [0.1, 0.15) is 58.3 Å². The Bertz CT molecular complexity index is 562. The van der Waals surface area contributed by atoms with Crippen molar-refractivity contribution < 1.29 is 13.2 Å². The molecule has 4 nitrogen and oxygen atoms in total. The van der Waals surface area contributed by atoms with Gasteiger partial charge in [0.2, 0.25) is 5.91 Å². The molecule has 1 unspecified atom stereocenters. The van der Waals surface area contributed by atoms with Crippen molar-refractivity contribution in [2.24, 2.45) is 23.2 Å². The Morgan fingerprint density at radius 2 is 1.64 bits per heavy atom. The van der Waals surface area contributed by atoms with Crippen LogP contribution in [-0.2, 0) is 14.6 Å². The molecular formula is C17H27NO3S. The Kier molecular flexibility index (Phi) is 3.21. The molecule has 124 valence electrons. The number of rotatable bonds is 3. The average molecular weight is 325 g/mol. The summed E-state index contributed by atoms with van der Waals surface area (Å²) in [5.74, 6) is 2.94. The highest BCUT2D eigenvalue weighted by molar-refractivity contribution is 7.91. The molecule has 0 spiro atoms. The fraction of sp³-hybridized carbons (Fsp3) is 0.941. The average Bonchev–Trinajstić information content (AvgIpc) is 2.59. The minimum absolute atomic E-state index is 0.0848. The van der Waals surface area contributed by atoms with E-state index in [1.165, 1.54) is 38.5 Å². The second-order valence-electron chi connectivity index (χ2n) is 9.05. The minimum atomic E-state index is -2.97. The molecule has 5 heteroatoms. The SMILES string of the molecule is CC1(NC(=O)CC23CC4CC(CC(C4)C2)C3)CCS(=O)(=O)C1. The Morgan fingerprint density at radius 3 is 2.09 bits per heavy atom. The van der Waals surface area contributed by atoms with E-state index in [9.17, 15) is 13.2 Å². The highest BCUT2D eigenvalue weighted by Gasteiger charge is 2.52. The van der Waals surface area contributed by atoms with Crippen LogP contribution in [0, 0.1) is 23.2 Å². The van der Waals surface area contributed by atoms with Crippen LogP contribution >= 0.6 is 0 Å². The summed E-state index contributed by atoms with van der Waals surface area (Å²) in [5.41, 5.74) is -0.315. The summed E-state index contributed by atoms with van der Waals surface area (Å²) in [6.07, 6.45) is 9.00. The zero-order valence-corrected chi connectivity index (χ0v) is 14.3. The third-order valence-electron chi connectivity index (χ3n) is 6.65. The summed E-state index contributed by atoms with van der Waals surface area (Å²) in [7, 11) is -2.97. The molecule has 4 bridgehead atoms. The van der Waals surface area contributed by atoms with Crippen LogP contribution in [0.5, 0.6) is 0 Å². The second-order valence-corrected chi connectivity index (χ2v) is 11.2. The van der Waals surface area contributed by atoms with E-state index in [1.807, 2.05) is 6.92 Å². The van der Waals surface area contributed by atoms with E-state index in [0.29, 0.717) is 12.8 Å². The van der Waals surface area contributed by atoms with E-state index in [1.54, 1.807) is 0 Å². The highest BCUT2D eigenvalue weighted by Crippen LogP contribution is 2.61. The maximum Gasteiger partial charge on any atom is 0.221 e. The summed E-state index contributed by atoms with van der Waals surface area (Å²) in [4.78, 5) is 12.6. The molecule has 5 fully saturated rings. The minimum Gasteiger partial charge on any atom is -0.350 e. The summed E-state index contributed by atoms with van der Waals surface area (Å²) in [6, 6.07) is 0. The van der Waals surface area contributed by atoms with Crippen LogP contribution in [0.2, 0.25) is 0 Å².